The third kappa shape index (κ3) is 1.87. The third-order valence-electron chi connectivity index (χ3n) is 1.63. The van der Waals surface area contributed by atoms with E-state index in [1.54, 1.807) is 0 Å². The van der Waals surface area contributed by atoms with E-state index < -0.39 is 22.6 Å². The molecule has 0 amide bonds. The quantitative estimate of drug-likeness (QED) is 0.611. The zero-order valence-electron chi connectivity index (χ0n) is 7.00. The van der Waals surface area contributed by atoms with Gasteiger partial charge >= 0.3 is 0 Å². The lowest BCUT2D eigenvalue weighted by Gasteiger charge is -2.05. The molecular weight excluding hydrogens is 262 g/mol. The van der Waals surface area contributed by atoms with Crippen molar-refractivity contribution in [1.29, 1.82) is 0 Å². The molecule has 0 bridgehead atoms. The van der Waals surface area contributed by atoms with Crippen molar-refractivity contribution in [3.05, 3.63) is 32.0 Å². The fourth-order valence-electron chi connectivity index (χ4n) is 0.945. The van der Waals surface area contributed by atoms with Crippen molar-refractivity contribution >= 4 is 21.6 Å². The average Bonchev–Trinajstić information content (AvgIpc) is 2.08. The molecule has 7 heteroatoms. The molecule has 0 aromatic carbocycles. The first-order chi connectivity index (χ1) is 6.45. The number of nitrogens with zero attached hydrogens (tertiary/aromatic N) is 2. The highest BCUT2D eigenvalue weighted by Crippen LogP contribution is 2.35. The van der Waals surface area contributed by atoms with Gasteiger partial charge in [0.25, 0.3) is 12.1 Å². The Labute approximate surface area is 86.2 Å². The SMILES string of the molecule is Cc1ncc([N+](=O)[O-])c(C(F)F)c1Br. The molecule has 1 heterocycles. The Bertz CT molecular complexity index is 384. The van der Waals surface area contributed by atoms with Crippen molar-refractivity contribution in [3.63, 3.8) is 0 Å². The molecule has 0 radical (unpaired) electrons. The Hall–Kier alpha value is -1.11. The second kappa shape index (κ2) is 3.95. The Morgan fingerprint density at radius 1 is 1.64 bits per heavy atom. The minimum absolute atomic E-state index is 0.0123. The highest BCUT2D eigenvalue weighted by molar-refractivity contribution is 9.10. The lowest BCUT2D eigenvalue weighted by molar-refractivity contribution is -0.386. The Balaban J connectivity index is 3.45. The van der Waals surface area contributed by atoms with Gasteiger partial charge in [-0.25, -0.2) is 8.78 Å². The van der Waals surface area contributed by atoms with Crippen molar-refractivity contribution in [1.82, 2.24) is 4.98 Å². The summed E-state index contributed by atoms with van der Waals surface area (Å²) in [7, 11) is 0. The number of pyridine rings is 1. The molecule has 76 valence electrons. The number of alkyl halides is 2. The van der Waals surface area contributed by atoms with Gasteiger partial charge in [-0.15, -0.1) is 0 Å². The van der Waals surface area contributed by atoms with E-state index in [0.717, 1.165) is 6.20 Å². The molecule has 0 atom stereocenters. The van der Waals surface area contributed by atoms with Crippen LogP contribution in [0.4, 0.5) is 14.5 Å². The van der Waals surface area contributed by atoms with E-state index in [2.05, 4.69) is 20.9 Å². The minimum Gasteiger partial charge on any atom is -0.258 e. The number of halogens is 3. The molecule has 0 N–H and O–H groups in total. The molecule has 4 nitrogen and oxygen atoms in total. The summed E-state index contributed by atoms with van der Waals surface area (Å²) in [5.74, 6) is 0. The van der Waals surface area contributed by atoms with Gasteiger partial charge in [-0.3, -0.25) is 15.1 Å². The number of rotatable bonds is 2. The smallest absolute Gasteiger partial charge is 0.258 e. The van der Waals surface area contributed by atoms with Crippen LogP contribution in [0.25, 0.3) is 0 Å². The Morgan fingerprint density at radius 2 is 2.21 bits per heavy atom. The summed E-state index contributed by atoms with van der Waals surface area (Å²) >= 11 is 2.85. The van der Waals surface area contributed by atoms with E-state index in [1.807, 2.05) is 0 Å². The van der Waals surface area contributed by atoms with Crippen molar-refractivity contribution in [3.8, 4) is 0 Å². The largest absolute Gasteiger partial charge is 0.297 e. The van der Waals surface area contributed by atoms with Crippen LogP contribution < -0.4 is 0 Å². The average molecular weight is 267 g/mol. The van der Waals surface area contributed by atoms with Gasteiger partial charge in [-0.1, -0.05) is 0 Å². The topological polar surface area (TPSA) is 56.0 Å². The maximum absolute atomic E-state index is 12.5. The molecule has 1 aromatic heterocycles. The molecule has 1 rings (SSSR count). The van der Waals surface area contributed by atoms with Crippen molar-refractivity contribution in [2.24, 2.45) is 0 Å². The highest BCUT2D eigenvalue weighted by Gasteiger charge is 2.26. The normalized spacial score (nSPS) is 10.6. The predicted octanol–water partition coefficient (Wildman–Crippen LogP) is 3.00. The van der Waals surface area contributed by atoms with Crippen LogP contribution in [0.2, 0.25) is 0 Å². The number of hydrogen-bond donors (Lipinski definition) is 0. The molecule has 14 heavy (non-hydrogen) atoms. The van der Waals surface area contributed by atoms with Crippen molar-refractivity contribution in [2.75, 3.05) is 0 Å². The molecule has 0 spiro atoms. The zero-order chi connectivity index (χ0) is 10.9. The number of aromatic nitrogens is 1. The van der Waals surface area contributed by atoms with E-state index in [9.17, 15) is 18.9 Å². The molecular formula is C7H5BrF2N2O2. The summed E-state index contributed by atoms with van der Waals surface area (Å²) in [6.45, 7) is 1.49. The number of aryl methyl sites for hydroxylation is 1. The second-order valence-corrected chi connectivity index (χ2v) is 3.31. The summed E-state index contributed by atoms with van der Waals surface area (Å²) in [4.78, 5) is 13.1. The van der Waals surface area contributed by atoms with Crippen LogP contribution in [0.5, 0.6) is 0 Å². The molecule has 0 unspecified atom stereocenters. The van der Waals surface area contributed by atoms with Crippen molar-refractivity contribution < 1.29 is 13.7 Å². The van der Waals surface area contributed by atoms with Crippen LogP contribution >= 0.6 is 15.9 Å². The van der Waals surface area contributed by atoms with E-state index in [4.69, 9.17) is 0 Å². The van der Waals surface area contributed by atoms with Crippen LogP contribution in [-0.2, 0) is 0 Å². The van der Waals surface area contributed by atoms with Crippen LogP contribution in [0.3, 0.4) is 0 Å². The van der Waals surface area contributed by atoms with Gasteiger partial charge in [0.05, 0.1) is 15.1 Å². The minimum atomic E-state index is -2.90. The molecule has 0 aliphatic carbocycles. The monoisotopic (exact) mass is 266 g/mol. The molecule has 0 fully saturated rings. The van der Waals surface area contributed by atoms with Gasteiger partial charge in [0.1, 0.15) is 11.8 Å². The lowest BCUT2D eigenvalue weighted by Crippen LogP contribution is -2.00. The standard InChI is InChI=1S/C7H5BrF2N2O2/c1-3-6(8)5(7(9)10)4(2-11-3)12(13)14/h2,7H,1H3. The fourth-order valence-corrected chi connectivity index (χ4v) is 1.42. The lowest BCUT2D eigenvalue weighted by atomic mass is 10.2. The van der Waals surface area contributed by atoms with Gasteiger partial charge < -0.3 is 0 Å². The second-order valence-electron chi connectivity index (χ2n) is 2.51. The maximum Gasteiger partial charge on any atom is 0.297 e. The summed E-state index contributed by atoms with van der Waals surface area (Å²) in [5, 5.41) is 10.4. The Morgan fingerprint density at radius 3 is 2.64 bits per heavy atom. The van der Waals surface area contributed by atoms with Gasteiger partial charge in [0, 0.05) is 0 Å². The van der Waals surface area contributed by atoms with Gasteiger partial charge in [-0.2, -0.15) is 0 Å². The van der Waals surface area contributed by atoms with Crippen LogP contribution in [0, 0.1) is 17.0 Å². The molecule has 0 aliphatic rings. The van der Waals surface area contributed by atoms with E-state index >= 15 is 0 Å². The number of nitro groups is 1. The highest BCUT2D eigenvalue weighted by atomic mass is 79.9. The number of hydrogen-bond acceptors (Lipinski definition) is 3. The molecule has 1 aromatic rings. The first-order valence-electron chi connectivity index (χ1n) is 3.52. The molecule has 0 saturated carbocycles. The van der Waals surface area contributed by atoms with Crippen LogP contribution in [0.1, 0.15) is 17.7 Å². The van der Waals surface area contributed by atoms with E-state index in [0.29, 0.717) is 5.69 Å². The first-order valence-corrected chi connectivity index (χ1v) is 4.32. The van der Waals surface area contributed by atoms with Gasteiger partial charge in [0.15, 0.2) is 0 Å². The van der Waals surface area contributed by atoms with Crippen LogP contribution in [-0.4, -0.2) is 9.91 Å². The predicted molar refractivity (Wildman–Crippen MR) is 48.3 cm³/mol. The van der Waals surface area contributed by atoms with Crippen molar-refractivity contribution in [2.45, 2.75) is 13.3 Å². The Kier molecular flexibility index (Phi) is 3.10. The summed E-state index contributed by atoms with van der Waals surface area (Å²) < 4.78 is 24.9. The fraction of sp³-hybridized carbons (Fsp3) is 0.286. The molecule has 0 aliphatic heterocycles. The van der Waals surface area contributed by atoms with E-state index in [1.165, 1.54) is 6.92 Å². The van der Waals surface area contributed by atoms with Crippen LogP contribution in [0.15, 0.2) is 10.7 Å². The summed E-state index contributed by atoms with van der Waals surface area (Å²) in [6, 6.07) is 0. The molecule has 0 saturated heterocycles. The van der Waals surface area contributed by atoms with E-state index in [-0.39, 0.29) is 4.47 Å². The van der Waals surface area contributed by atoms with Gasteiger partial charge in [0.2, 0.25) is 0 Å². The first kappa shape index (κ1) is 11.0. The summed E-state index contributed by atoms with van der Waals surface area (Å²) in [6.07, 6.45) is -2.06. The maximum atomic E-state index is 12.5. The zero-order valence-corrected chi connectivity index (χ0v) is 8.59. The summed E-state index contributed by atoms with van der Waals surface area (Å²) in [5.41, 5.74) is -0.995. The van der Waals surface area contributed by atoms with Gasteiger partial charge in [-0.05, 0) is 22.9 Å². The third-order valence-corrected chi connectivity index (χ3v) is 2.63.